The van der Waals surface area contributed by atoms with Crippen molar-refractivity contribution in [2.24, 2.45) is 7.05 Å². The fourth-order valence-corrected chi connectivity index (χ4v) is 3.29. The highest BCUT2D eigenvalue weighted by molar-refractivity contribution is 6.09. The van der Waals surface area contributed by atoms with Gasteiger partial charge in [0.25, 0.3) is 0 Å². The number of unbranched alkanes of at least 4 members (excludes halogenated alkanes) is 3. The van der Waals surface area contributed by atoms with Crippen LogP contribution in [0, 0.1) is 0 Å². The predicted molar refractivity (Wildman–Crippen MR) is 94.5 cm³/mol. The summed E-state index contributed by atoms with van der Waals surface area (Å²) in [6.45, 7) is 0.340. The number of nitrogens with zero attached hydrogens (tertiary/aromatic N) is 3. The van der Waals surface area contributed by atoms with Crippen molar-refractivity contribution in [2.75, 3.05) is 11.4 Å². The Balaban J connectivity index is 1.85. The van der Waals surface area contributed by atoms with E-state index in [-0.39, 0.29) is 12.3 Å². The lowest BCUT2D eigenvalue weighted by atomic mass is 10.0. The highest BCUT2D eigenvalue weighted by Gasteiger charge is 2.28. The molecule has 7 heteroatoms. The number of para-hydroxylation sites is 1. The number of amides is 3. The van der Waals surface area contributed by atoms with E-state index in [0.717, 1.165) is 42.9 Å². The summed E-state index contributed by atoms with van der Waals surface area (Å²) in [7, 11) is 1.87. The van der Waals surface area contributed by atoms with Crippen LogP contribution in [0.25, 0.3) is 10.9 Å². The number of hydrogen-bond donors (Lipinski definition) is 1. The number of carbonyl (C=O) groups excluding carboxylic acids is 3. The molecule has 1 saturated heterocycles. The molecule has 0 aliphatic carbocycles. The van der Waals surface area contributed by atoms with Gasteiger partial charge >= 0.3 is 6.03 Å². The fraction of sp³-hybridized carbons (Fsp3) is 0.444. The quantitative estimate of drug-likeness (QED) is 0.618. The van der Waals surface area contributed by atoms with Crippen molar-refractivity contribution in [3.63, 3.8) is 0 Å². The molecule has 0 radical (unpaired) electrons. The summed E-state index contributed by atoms with van der Waals surface area (Å²) in [6.07, 6.45) is 5.69. The molecule has 132 valence electrons. The molecule has 2 heterocycles. The number of aryl methyl sites for hydroxylation is 2. The van der Waals surface area contributed by atoms with Crippen LogP contribution in [0.5, 0.6) is 0 Å². The molecule has 25 heavy (non-hydrogen) atoms. The van der Waals surface area contributed by atoms with Crippen LogP contribution in [-0.2, 0) is 23.1 Å². The Morgan fingerprint density at radius 3 is 2.84 bits per heavy atom. The zero-order chi connectivity index (χ0) is 17.8. The third-order valence-electron chi connectivity index (χ3n) is 4.51. The van der Waals surface area contributed by atoms with Crippen molar-refractivity contribution in [1.82, 2.24) is 15.1 Å². The molecule has 3 rings (SSSR count). The predicted octanol–water partition coefficient (Wildman–Crippen LogP) is 2.32. The van der Waals surface area contributed by atoms with Gasteiger partial charge in [-0.2, -0.15) is 5.10 Å². The summed E-state index contributed by atoms with van der Waals surface area (Å²) < 4.78 is 1.80. The van der Waals surface area contributed by atoms with E-state index in [1.165, 1.54) is 10.5 Å². The molecule has 1 fully saturated rings. The maximum absolute atomic E-state index is 12.1. The van der Waals surface area contributed by atoms with Crippen LogP contribution in [0.1, 0.15) is 37.7 Å². The van der Waals surface area contributed by atoms with E-state index < -0.39 is 6.03 Å². The Bertz CT molecular complexity index is 812. The van der Waals surface area contributed by atoms with Gasteiger partial charge in [-0.05, 0) is 30.9 Å². The highest BCUT2D eigenvalue weighted by Crippen LogP contribution is 2.30. The van der Waals surface area contributed by atoms with Gasteiger partial charge in [-0.3, -0.25) is 19.7 Å². The van der Waals surface area contributed by atoms with Crippen molar-refractivity contribution >= 4 is 34.9 Å². The maximum Gasteiger partial charge on any atom is 0.329 e. The van der Waals surface area contributed by atoms with Gasteiger partial charge in [0.1, 0.15) is 6.29 Å². The van der Waals surface area contributed by atoms with Crippen LogP contribution < -0.4 is 10.2 Å². The van der Waals surface area contributed by atoms with Crippen LogP contribution in [0.3, 0.4) is 0 Å². The first kappa shape index (κ1) is 17.1. The summed E-state index contributed by atoms with van der Waals surface area (Å²) in [5.41, 5.74) is 2.19. The lowest BCUT2D eigenvalue weighted by molar-refractivity contribution is -0.120. The van der Waals surface area contributed by atoms with Gasteiger partial charge in [0.15, 0.2) is 5.82 Å². The number of urea groups is 1. The molecule has 0 atom stereocenters. The van der Waals surface area contributed by atoms with E-state index in [1.54, 1.807) is 4.68 Å². The minimum atomic E-state index is -0.421. The van der Waals surface area contributed by atoms with Crippen molar-refractivity contribution in [1.29, 1.82) is 0 Å². The average molecular weight is 342 g/mol. The number of aromatic nitrogens is 2. The third kappa shape index (κ3) is 3.55. The van der Waals surface area contributed by atoms with Gasteiger partial charge in [0.05, 0.1) is 5.52 Å². The molecule has 0 saturated carbocycles. The minimum Gasteiger partial charge on any atom is -0.303 e. The lowest BCUT2D eigenvalue weighted by Crippen LogP contribution is -2.49. The van der Waals surface area contributed by atoms with E-state index in [1.807, 2.05) is 19.2 Å². The first-order valence-electron chi connectivity index (χ1n) is 8.61. The molecular weight excluding hydrogens is 320 g/mol. The first-order chi connectivity index (χ1) is 12.1. The van der Waals surface area contributed by atoms with E-state index >= 15 is 0 Å². The second-order valence-corrected chi connectivity index (χ2v) is 6.28. The van der Waals surface area contributed by atoms with Gasteiger partial charge < -0.3 is 4.79 Å². The third-order valence-corrected chi connectivity index (χ3v) is 4.51. The van der Waals surface area contributed by atoms with E-state index in [2.05, 4.69) is 16.5 Å². The number of aldehydes is 1. The molecule has 0 spiro atoms. The summed E-state index contributed by atoms with van der Waals surface area (Å²) in [5.74, 6) is 0.336. The number of hydrogen-bond acceptors (Lipinski definition) is 4. The van der Waals surface area contributed by atoms with E-state index in [0.29, 0.717) is 18.8 Å². The Morgan fingerprint density at radius 1 is 1.24 bits per heavy atom. The van der Waals surface area contributed by atoms with Crippen LogP contribution >= 0.6 is 0 Å². The molecule has 1 aliphatic heterocycles. The van der Waals surface area contributed by atoms with Gasteiger partial charge in [-0.1, -0.05) is 18.6 Å². The number of carbonyl (C=O) groups is 3. The normalized spacial score (nSPS) is 14.8. The number of fused-ring (bicyclic) bond motifs is 1. The number of nitrogens with one attached hydrogen (secondary N) is 1. The SMILES string of the molecule is Cn1nc(N2CCC(=O)NC2=O)c2cccc(CCCCCC=O)c21. The number of rotatable bonds is 7. The first-order valence-corrected chi connectivity index (χ1v) is 8.61. The Kier molecular flexibility index (Phi) is 5.11. The van der Waals surface area contributed by atoms with Gasteiger partial charge in [0, 0.05) is 31.8 Å². The molecule has 1 aliphatic rings. The summed E-state index contributed by atoms with van der Waals surface area (Å²) >= 11 is 0. The van der Waals surface area contributed by atoms with Crippen molar-refractivity contribution in [3.8, 4) is 0 Å². The Labute approximate surface area is 146 Å². The molecule has 1 aromatic heterocycles. The van der Waals surface area contributed by atoms with Crippen molar-refractivity contribution in [3.05, 3.63) is 23.8 Å². The molecule has 0 bridgehead atoms. The van der Waals surface area contributed by atoms with Gasteiger partial charge in [-0.25, -0.2) is 4.79 Å². The zero-order valence-electron chi connectivity index (χ0n) is 14.3. The molecule has 1 aromatic carbocycles. The largest absolute Gasteiger partial charge is 0.329 e. The molecule has 7 nitrogen and oxygen atoms in total. The Hall–Kier alpha value is -2.70. The fourth-order valence-electron chi connectivity index (χ4n) is 3.29. The van der Waals surface area contributed by atoms with Crippen LogP contribution in [-0.4, -0.2) is 34.5 Å². The molecule has 2 aromatic rings. The minimum absolute atomic E-state index is 0.252. The summed E-state index contributed by atoms with van der Waals surface area (Å²) in [5, 5.41) is 7.79. The molecular formula is C18H22N4O3. The maximum atomic E-state index is 12.1. The Morgan fingerprint density at radius 2 is 2.08 bits per heavy atom. The highest BCUT2D eigenvalue weighted by atomic mass is 16.2. The van der Waals surface area contributed by atoms with Crippen molar-refractivity contribution < 1.29 is 14.4 Å². The molecule has 3 amide bonds. The number of benzene rings is 1. The van der Waals surface area contributed by atoms with Gasteiger partial charge in [0.2, 0.25) is 5.91 Å². The zero-order valence-corrected chi connectivity index (χ0v) is 14.3. The lowest BCUT2D eigenvalue weighted by Gasteiger charge is -2.24. The number of imide groups is 1. The van der Waals surface area contributed by atoms with Gasteiger partial charge in [-0.15, -0.1) is 0 Å². The topological polar surface area (TPSA) is 84.3 Å². The van der Waals surface area contributed by atoms with Crippen LogP contribution in [0.15, 0.2) is 18.2 Å². The summed E-state index contributed by atoms with van der Waals surface area (Å²) in [4.78, 5) is 35.4. The standard InChI is InChI=1S/C18H22N4O3/c1-21-16-13(7-4-2-3-5-12-23)8-6-9-14(16)17(20-21)22-11-10-15(24)19-18(22)25/h6,8-9,12H,2-5,7,10-11H2,1H3,(H,19,24,25). The second kappa shape index (κ2) is 7.46. The monoisotopic (exact) mass is 342 g/mol. The van der Waals surface area contributed by atoms with E-state index in [4.69, 9.17) is 0 Å². The average Bonchev–Trinajstić information content (AvgIpc) is 2.92. The smallest absolute Gasteiger partial charge is 0.303 e. The van der Waals surface area contributed by atoms with Crippen LogP contribution in [0.2, 0.25) is 0 Å². The summed E-state index contributed by atoms with van der Waals surface area (Å²) in [6, 6.07) is 5.58. The number of anilines is 1. The molecule has 1 N–H and O–H groups in total. The second-order valence-electron chi connectivity index (χ2n) is 6.28. The van der Waals surface area contributed by atoms with Crippen LogP contribution in [0.4, 0.5) is 10.6 Å². The van der Waals surface area contributed by atoms with E-state index in [9.17, 15) is 14.4 Å². The van der Waals surface area contributed by atoms with Crippen molar-refractivity contribution in [2.45, 2.75) is 38.5 Å². The molecule has 0 unspecified atom stereocenters.